The van der Waals surface area contributed by atoms with E-state index < -0.39 is 10.0 Å². The first-order chi connectivity index (χ1) is 14.0. The zero-order chi connectivity index (χ0) is 20.4. The number of nitrogens with one attached hydrogen (secondary N) is 2. The topological polar surface area (TPSA) is 102 Å². The van der Waals surface area contributed by atoms with Crippen LogP contribution in [0.4, 0.5) is 0 Å². The van der Waals surface area contributed by atoms with Crippen LogP contribution in [0.3, 0.4) is 0 Å². The molecule has 0 fully saturated rings. The molecule has 0 saturated heterocycles. The van der Waals surface area contributed by atoms with E-state index in [1.807, 2.05) is 12.1 Å². The number of fused-ring (bicyclic) bond motifs is 2. The van der Waals surface area contributed by atoms with Gasteiger partial charge in [0.25, 0.3) is 5.91 Å². The molecule has 2 heterocycles. The van der Waals surface area contributed by atoms with Gasteiger partial charge in [0.1, 0.15) is 5.69 Å². The SMILES string of the molecule is COCCNC(=O)c1cc2n(n1)C[C@@H](NS(=O)(=O)c1ccc3c(c1)CCCC3)C2. The van der Waals surface area contributed by atoms with E-state index in [-0.39, 0.29) is 11.9 Å². The lowest BCUT2D eigenvalue weighted by Gasteiger charge is -2.18. The largest absolute Gasteiger partial charge is 0.383 e. The molecule has 1 amide bonds. The summed E-state index contributed by atoms with van der Waals surface area (Å²) in [5, 5.41) is 7.04. The van der Waals surface area contributed by atoms with Gasteiger partial charge in [-0.25, -0.2) is 13.1 Å². The summed E-state index contributed by atoms with van der Waals surface area (Å²) in [5.41, 5.74) is 3.59. The first kappa shape index (κ1) is 20.1. The number of methoxy groups -OCH3 is 1. The lowest BCUT2D eigenvalue weighted by Crippen LogP contribution is -2.36. The molecule has 156 valence electrons. The lowest BCUT2D eigenvalue weighted by atomic mass is 9.92. The van der Waals surface area contributed by atoms with Crippen molar-refractivity contribution >= 4 is 15.9 Å². The molecule has 1 aromatic heterocycles. The Kier molecular flexibility index (Phi) is 5.71. The minimum Gasteiger partial charge on any atom is -0.383 e. The first-order valence-corrected chi connectivity index (χ1v) is 11.4. The van der Waals surface area contributed by atoms with Crippen LogP contribution in [-0.4, -0.2) is 50.4 Å². The smallest absolute Gasteiger partial charge is 0.271 e. The monoisotopic (exact) mass is 418 g/mol. The third-order valence-corrected chi connectivity index (χ3v) is 7.01. The highest BCUT2D eigenvalue weighted by atomic mass is 32.2. The maximum atomic E-state index is 12.9. The van der Waals surface area contributed by atoms with Gasteiger partial charge in [-0.2, -0.15) is 5.10 Å². The molecule has 2 aliphatic rings. The number of amides is 1. The fraction of sp³-hybridized carbons (Fsp3) is 0.500. The molecule has 1 aromatic carbocycles. The highest BCUT2D eigenvalue weighted by Gasteiger charge is 2.29. The van der Waals surface area contributed by atoms with Gasteiger partial charge in [-0.05, 0) is 55.0 Å². The predicted octanol–water partition coefficient (Wildman–Crippen LogP) is 1.04. The van der Waals surface area contributed by atoms with Gasteiger partial charge in [0, 0.05) is 31.8 Å². The second-order valence-electron chi connectivity index (χ2n) is 7.61. The molecule has 1 atom stereocenters. The van der Waals surface area contributed by atoms with Crippen LogP contribution < -0.4 is 10.0 Å². The molecule has 0 radical (unpaired) electrons. The third-order valence-electron chi connectivity index (χ3n) is 5.49. The number of carbonyl (C=O) groups is 1. The number of sulfonamides is 1. The normalized spacial score (nSPS) is 18.3. The van der Waals surface area contributed by atoms with Gasteiger partial charge in [-0.15, -0.1) is 0 Å². The molecule has 9 heteroatoms. The molecule has 0 saturated carbocycles. The maximum absolute atomic E-state index is 12.9. The van der Waals surface area contributed by atoms with Gasteiger partial charge in [0.15, 0.2) is 0 Å². The molecule has 0 bridgehead atoms. The van der Waals surface area contributed by atoms with Crippen LogP contribution in [-0.2, 0) is 40.6 Å². The Morgan fingerprint density at radius 2 is 2.03 bits per heavy atom. The van der Waals surface area contributed by atoms with E-state index in [9.17, 15) is 13.2 Å². The Balaban J connectivity index is 1.40. The molecule has 1 aliphatic carbocycles. The van der Waals surface area contributed by atoms with Crippen LogP contribution in [0, 0.1) is 0 Å². The summed E-state index contributed by atoms with van der Waals surface area (Å²) in [6.07, 6.45) is 4.73. The van der Waals surface area contributed by atoms with Crippen LogP contribution in [0.5, 0.6) is 0 Å². The van der Waals surface area contributed by atoms with Crippen LogP contribution in [0.1, 0.15) is 40.2 Å². The van der Waals surface area contributed by atoms with Gasteiger partial charge < -0.3 is 10.1 Å². The highest BCUT2D eigenvalue weighted by molar-refractivity contribution is 7.89. The van der Waals surface area contributed by atoms with E-state index in [2.05, 4.69) is 15.1 Å². The van der Waals surface area contributed by atoms with Gasteiger partial charge in [-0.3, -0.25) is 9.48 Å². The van der Waals surface area contributed by atoms with Crippen LogP contribution in [0.25, 0.3) is 0 Å². The zero-order valence-electron chi connectivity index (χ0n) is 16.5. The summed E-state index contributed by atoms with van der Waals surface area (Å²) in [6, 6.07) is 6.89. The van der Waals surface area contributed by atoms with Gasteiger partial charge in [0.2, 0.25) is 10.0 Å². The number of benzene rings is 1. The lowest BCUT2D eigenvalue weighted by molar-refractivity contribution is 0.0931. The van der Waals surface area contributed by atoms with E-state index in [0.717, 1.165) is 36.9 Å². The van der Waals surface area contributed by atoms with Crippen molar-refractivity contribution in [2.24, 2.45) is 0 Å². The standard InChI is InChI=1S/C20H26N4O4S/c1-28-9-8-21-20(25)19-12-17-11-16(13-24(17)22-19)23-29(26,27)18-7-6-14-4-2-3-5-15(14)10-18/h6-7,10,12,16,23H,2-5,8-9,11,13H2,1H3,(H,21,25)/t16-/m0/s1. The van der Waals surface area contributed by atoms with Gasteiger partial charge in [0.05, 0.1) is 18.0 Å². The Bertz CT molecular complexity index is 992. The summed E-state index contributed by atoms with van der Waals surface area (Å²) in [4.78, 5) is 12.4. The fourth-order valence-corrected chi connectivity index (χ4v) is 5.29. The Morgan fingerprint density at radius 3 is 2.79 bits per heavy atom. The number of aromatic nitrogens is 2. The van der Waals surface area contributed by atoms with Crippen molar-refractivity contribution < 1.29 is 17.9 Å². The fourth-order valence-electron chi connectivity index (χ4n) is 4.02. The van der Waals surface area contributed by atoms with E-state index >= 15 is 0 Å². The van der Waals surface area contributed by atoms with Crippen molar-refractivity contribution in [1.29, 1.82) is 0 Å². The number of hydrogen-bond donors (Lipinski definition) is 2. The van der Waals surface area contributed by atoms with Crippen molar-refractivity contribution in [3.8, 4) is 0 Å². The number of rotatable bonds is 7. The Labute approximate surface area is 170 Å². The minimum absolute atomic E-state index is 0.254. The van der Waals surface area contributed by atoms with E-state index in [1.54, 1.807) is 23.9 Å². The van der Waals surface area contributed by atoms with Crippen molar-refractivity contribution in [2.75, 3.05) is 20.3 Å². The Morgan fingerprint density at radius 1 is 1.24 bits per heavy atom. The second kappa shape index (κ2) is 8.25. The molecular formula is C20H26N4O4S. The quantitative estimate of drug-likeness (QED) is 0.654. The maximum Gasteiger partial charge on any atom is 0.271 e. The summed E-state index contributed by atoms with van der Waals surface area (Å²) >= 11 is 0. The highest BCUT2D eigenvalue weighted by Crippen LogP contribution is 2.25. The average Bonchev–Trinajstić information content (AvgIpc) is 3.26. The van der Waals surface area contributed by atoms with Crippen LogP contribution >= 0.6 is 0 Å². The molecule has 2 N–H and O–H groups in total. The van der Waals surface area contributed by atoms with Crippen LogP contribution in [0.15, 0.2) is 29.2 Å². The molecule has 1 aliphatic heterocycles. The first-order valence-electron chi connectivity index (χ1n) is 9.94. The summed E-state index contributed by atoms with van der Waals surface area (Å²) in [6.45, 7) is 1.26. The van der Waals surface area contributed by atoms with Crippen molar-refractivity contribution in [3.05, 3.63) is 46.8 Å². The molecule has 0 unspecified atom stereocenters. The van der Waals surface area contributed by atoms with E-state index in [4.69, 9.17) is 4.74 Å². The minimum atomic E-state index is -3.60. The number of hydrogen-bond acceptors (Lipinski definition) is 5. The third kappa shape index (κ3) is 4.36. The van der Waals surface area contributed by atoms with E-state index in [0.29, 0.717) is 36.7 Å². The van der Waals surface area contributed by atoms with Crippen LogP contribution in [0.2, 0.25) is 0 Å². The van der Waals surface area contributed by atoms with Gasteiger partial charge in [-0.1, -0.05) is 6.07 Å². The summed E-state index contributed by atoms with van der Waals surface area (Å²) in [5.74, 6) is -0.254. The summed E-state index contributed by atoms with van der Waals surface area (Å²) < 4.78 is 35.1. The van der Waals surface area contributed by atoms with Crippen molar-refractivity contribution in [1.82, 2.24) is 19.8 Å². The number of carbonyl (C=O) groups excluding carboxylic acids is 1. The molecule has 29 heavy (non-hydrogen) atoms. The molecule has 2 aromatic rings. The molecule has 4 rings (SSSR count). The van der Waals surface area contributed by atoms with E-state index in [1.165, 1.54) is 5.56 Å². The van der Waals surface area contributed by atoms with Crippen molar-refractivity contribution in [3.63, 3.8) is 0 Å². The number of ether oxygens (including phenoxy) is 1. The van der Waals surface area contributed by atoms with Crippen molar-refractivity contribution in [2.45, 2.75) is 49.6 Å². The number of nitrogens with zero attached hydrogens (tertiary/aromatic N) is 2. The molecule has 0 spiro atoms. The Hall–Kier alpha value is -2.23. The summed E-state index contributed by atoms with van der Waals surface area (Å²) in [7, 11) is -2.03. The second-order valence-corrected chi connectivity index (χ2v) is 9.33. The predicted molar refractivity (Wildman–Crippen MR) is 107 cm³/mol. The molecular weight excluding hydrogens is 392 g/mol. The molecule has 8 nitrogen and oxygen atoms in total. The number of aryl methyl sites for hydroxylation is 2. The van der Waals surface area contributed by atoms with Gasteiger partial charge >= 0.3 is 0 Å². The average molecular weight is 419 g/mol. The zero-order valence-corrected chi connectivity index (χ0v) is 17.3.